The number of fused-ring (bicyclic) bond motifs is 7. The van der Waals surface area contributed by atoms with Gasteiger partial charge in [0.1, 0.15) is 0 Å². The first-order valence-corrected chi connectivity index (χ1v) is 27.3. The van der Waals surface area contributed by atoms with Crippen LogP contribution in [0.1, 0.15) is 166 Å². The topological polar surface area (TPSA) is 9.72 Å². The van der Waals surface area contributed by atoms with Gasteiger partial charge in [0.2, 0.25) is 0 Å². The predicted molar refractivity (Wildman–Crippen MR) is 310 cm³/mol. The Morgan fingerprint density at radius 2 is 0.806 bits per heavy atom. The van der Waals surface area contributed by atoms with Gasteiger partial charge in [-0.05, 0) is 219 Å². The first-order chi connectivity index (χ1) is 34.0. The van der Waals surface area contributed by atoms with E-state index in [0.717, 1.165) is 17.1 Å². The normalized spacial score (nSPS) is 19.8. The van der Waals surface area contributed by atoms with Gasteiger partial charge in [0.25, 0.3) is 6.71 Å². The predicted octanol–water partition coefficient (Wildman–Crippen LogP) is 16.9. The lowest BCUT2D eigenvalue weighted by atomic mass is 9.33. The minimum absolute atomic E-state index is 0.0106. The van der Waals surface area contributed by atoms with Crippen molar-refractivity contribution in [2.75, 3.05) is 14.7 Å². The Balaban J connectivity index is 1.19. The van der Waals surface area contributed by atoms with Gasteiger partial charge in [0.15, 0.2) is 0 Å². The van der Waals surface area contributed by atoms with Crippen molar-refractivity contribution >= 4 is 74.3 Å². The van der Waals surface area contributed by atoms with Gasteiger partial charge in [-0.15, -0.1) is 0 Å². The van der Waals surface area contributed by atoms with Crippen LogP contribution in [0, 0.1) is 13.8 Å². The summed E-state index contributed by atoms with van der Waals surface area (Å²) in [5.74, 6) is 0. The van der Waals surface area contributed by atoms with Crippen molar-refractivity contribution in [3.05, 3.63) is 178 Å². The maximum Gasteiger partial charge on any atom is 0.252 e. The fourth-order valence-electron chi connectivity index (χ4n) is 14.1. The highest BCUT2D eigenvalue weighted by molar-refractivity contribution is 7.00. The van der Waals surface area contributed by atoms with Crippen molar-refractivity contribution in [1.29, 1.82) is 0 Å². The van der Waals surface area contributed by atoms with Crippen molar-refractivity contribution in [3.63, 3.8) is 0 Å². The molecule has 0 radical (unpaired) electrons. The highest BCUT2D eigenvalue weighted by Gasteiger charge is 2.48. The van der Waals surface area contributed by atoms with Crippen molar-refractivity contribution in [1.82, 2.24) is 0 Å². The molecule has 7 aromatic rings. The number of para-hydroxylation sites is 2. The van der Waals surface area contributed by atoms with Gasteiger partial charge >= 0.3 is 0 Å². The van der Waals surface area contributed by atoms with E-state index in [0.29, 0.717) is 0 Å². The summed E-state index contributed by atoms with van der Waals surface area (Å²) in [6, 6.07) is 52.5. The summed E-state index contributed by atoms with van der Waals surface area (Å²) in [6.07, 6.45) is 7.08. The lowest BCUT2D eigenvalue weighted by molar-refractivity contribution is 0.332. The zero-order valence-corrected chi connectivity index (χ0v) is 45.9. The second-order valence-electron chi connectivity index (χ2n) is 26.7. The van der Waals surface area contributed by atoms with Gasteiger partial charge in [-0.2, -0.15) is 0 Å². The molecule has 2 heterocycles. The molecule has 5 aliphatic rings. The Labute approximate surface area is 432 Å². The minimum Gasteiger partial charge on any atom is -0.311 e. The number of hydrogen-bond donors (Lipinski definition) is 0. The first-order valence-electron chi connectivity index (χ1n) is 27.3. The van der Waals surface area contributed by atoms with Crippen molar-refractivity contribution in [2.24, 2.45) is 0 Å². The summed E-state index contributed by atoms with van der Waals surface area (Å²) in [6.45, 7) is 34.4. The number of benzene rings is 7. The smallest absolute Gasteiger partial charge is 0.252 e. The van der Waals surface area contributed by atoms with E-state index in [4.69, 9.17) is 0 Å². The molecular weight excluding hydrogens is 870 g/mol. The van der Waals surface area contributed by atoms with Crippen molar-refractivity contribution in [3.8, 4) is 0 Å². The van der Waals surface area contributed by atoms with Crippen LogP contribution < -0.4 is 31.1 Å². The van der Waals surface area contributed by atoms with Crippen molar-refractivity contribution in [2.45, 2.75) is 168 Å². The maximum absolute atomic E-state index is 2.71. The molecule has 0 amide bonds. The molecule has 0 aromatic heterocycles. The van der Waals surface area contributed by atoms with Crippen LogP contribution in [-0.4, -0.2) is 6.71 Å². The summed E-state index contributed by atoms with van der Waals surface area (Å²) in [4.78, 5) is 7.86. The van der Waals surface area contributed by atoms with Crippen LogP contribution in [0.2, 0.25) is 0 Å². The zero-order chi connectivity index (χ0) is 50.7. The molecule has 4 heteroatoms. The molecule has 0 saturated carbocycles. The van der Waals surface area contributed by atoms with Gasteiger partial charge in [0, 0.05) is 51.2 Å². The van der Waals surface area contributed by atoms with E-state index in [2.05, 4.69) is 245 Å². The van der Waals surface area contributed by atoms with Crippen LogP contribution in [0.5, 0.6) is 0 Å². The average molecular weight is 946 g/mol. The highest BCUT2D eigenvalue weighted by atomic mass is 15.2. The number of hydrogen-bond acceptors (Lipinski definition) is 3. The molecule has 0 spiro atoms. The molecule has 0 bridgehead atoms. The van der Waals surface area contributed by atoms with Crippen molar-refractivity contribution < 1.29 is 0 Å². The number of nitrogens with zero attached hydrogens (tertiary/aromatic N) is 3. The maximum atomic E-state index is 2.71. The van der Waals surface area contributed by atoms with Gasteiger partial charge in [-0.3, -0.25) is 0 Å². The minimum atomic E-state index is 0.0106. The molecule has 0 atom stereocenters. The second kappa shape index (κ2) is 15.8. The summed E-state index contributed by atoms with van der Waals surface area (Å²) in [5.41, 5.74) is 27.3. The molecule has 3 nitrogen and oxygen atoms in total. The fourth-order valence-corrected chi connectivity index (χ4v) is 14.1. The lowest BCUT2D eigenvalue weighted by Gasteiger charge is -2.48. The van der Waals surface area contributed by atoms with Crippen LogP contribution in [0.4, 0.5) is 51.2 Å². The number of rotatable bonds is 5. The van der Waals surface area contributed by atoms with E-state index >= 15 is 0 Å². The Morgan fingerprint density at radius 3 is 1.35 bits per heavy atom. The van der Waals surface area contributed by atoms with E-state index in [1.165, 1.54) is 134 Å². The van der Waals surface area contributed by atoms with E-state index in [-0.39, 0.29) is 39.2 Å². The first kappa shape index (κ1) is 47.0. The van der Waals surface area contributed by atoms with Crippen LogP contribution in [0.3, 0.4) is 0 Å². The monoisotopic (exact) mass is 946 g/mol. The van der Waals surface area contributed by atoms with Gasteiger partial charge in [-0.1, -0.05) is 144 Å². The Kier molecular flexibility index (Phi) is 10.3. The zero-order valence-electron chi connectivity index (χ0n) is 45.9. The summed E-state index contributed by atoms with van der Waals surface area (Å²) < 4.78 is 0. The second-order valence-corrected chi connectivity index (χ2v) is 26.7. The molecule has 2 aliphatic heterocycles. The molecule has 3 aliphatic carbocycles. The Morgan fingerprint density at radius 1 is 0.361 bits per heavy atom. The molecule has 0 unspecified atom stereocenters. The Bertz CT molecular complexity index is 3310. The quantitative estimate of drug-likeness (QED) is 0.159. The summed E-state index contributed by atoms with van der Waals surface area (Å²) in [7, 11) is 0. The molecular formula is C68H76BN3. The molecule has 0 saturated heterocycles. The number of anilines is 9. The van der Waals surface area contributed by atoms with Crippen LogP contribution >= 0.6 is 0 Å². The van der Waals surface area contributed by atoms with E-state index in [1.807, 2.05) is 0 Å². The Hall–Kier alpha value is -6.00. The molecule has 0 fully saturated rings. The lowest BCUT2D eigenvalue weighted by Crippen LogP contribution is -2.62. The highest BCUT2D eigenvalue weighted by Crippen LogP contribution is 2.55. The standard InChI is InChI=1S/C68H76BN3/c1-43-35-60-62-61(36-43)72(57-41-53-50(37-44(57)2)64(5,6)31-33-67(53,11)12)58-39-48(70(45-21-17-15-18-22-45)46-23-19-16-20-24-46)26-28-55(58)69(62)56-40-52-54(68(13,14)34-32-66(52,9)10)42-59(56)71(60)47-25-27-49-51(38-47)65(7,8)30-29-63(49,3)4/h15-28,35-42H,29-34H2,1-14H3. The molecule has 7 aromatic carbocycles. The van der Waals surface area contributed by atoms with E-state index in [1.54, 1.807) is 0 Å². The van der Waals surface area contributed by atoms with Gasteiger partial charge < -0.3 is 14.7 Å². The van der Waals surface area contributed by atoms with Gasteiger partial charge in [-0.25, -0.2) is 0 Å². The largest absolute Gasteiger partial charge is 0.311 e. The van der Waals surface area contributed by atoms with Crippen LogP contribution in [0.15, 0.2) is 133 Å². The SMILES string of the molecule is Cc1cc2c3c(c1)N(c1cc4c(cc1C)C(C)(C)CCC4(C)C)c1cc(N(c4ccccc4)c4ccccc4)ccc1B3c1cc3c(cc1N2c1ccc2c(c1)C(C)(C)CCC2(C)C)C(C)(C)CCC3(C)C. The summed E-state index contributed by atoms with van der Waals surface area (Å²) in [5, 5.41) is 0. The van der Waals surface area contributed by atoms with E-state index in [9.17, 15) is 0 Å². The van der Waals surface area contributed by atoms with Gasteiger partial charge in [0.05, 0.1) is 0 Å². The van der Waals surface area contributed by atoms with E-state index < -0.39 is 0 Å². The fraction of sp³-hybridized carbons (Fsp3) is 0.382. The molecule has 366 valence electrons. The summed E-state index contributed by atoms with van der Waals surface area (Å²) >= 11 is 0. The third kappa shape index (κ3) is 7.11. The molecule has 12 rings (SSSR count). The third-order valence-corrected chi connectivity index (χ3v) is 19.0. The third-order valence-electron chi connectivity index (χ3n) is 19.0. The number of aryl methyl sites for hydroxylation is 2. The average Bonchev–Trinajstić information content (AvgIpc) is 3.34. The molecule has 0 N–H and O–H groups in total. The van der Waals surface area contributed by atoms with Crippen LogP contribution in [-0.2, 0) is 32.5 Å². The van der Waals surface area contributed by atoms with Crippen LogP contribution in [0.25, 0.3) is 0 Å². The molecule has 72 heavy (non-hydrogen) atoms.